The van der Waals surface area contributed by atoms with Gasteiger partial charge in [0.05, 0.1) is 12.5 Å². The summed E-state index contributed by atoms with van der Waals surface area (Å²) in [6.45, 7) is 2.29. The predicted octanol–water partition coefficient (Wildman–Crippen LogP) is 3.49. The number of esters is 1. The zero-order valence-corrected chi connectivity index (χ0v) is 11.6. The molecule has 0 amide bonds. The van der Waals surface area contributed by atoms with Crippen LogP contribution in [-0.4, -0.2) is 17.6 Å². The van der Waals surface area contributed by atoms with Crippen molar-refractivity contribution in [3.63, 3.8) is 0 Å². The maximum absolute atomic E-state index is 11.9. The van der Waals surface area contributed by atoms with Gasteiger partial charge in [0.1, 0.15) is 0 Å². The normalized spacial score (nSPS) is 18.3. The minimum atomic E-state index is -0.0791. The molecule has 1 aliphatic rings. The van der Waals surface area contributed by atoms with Gasteiger partial charge in [0.2, 0.25) is 0 Å². The molecule has 3 rings (SSSR count). The van der Waals surface area contributed by atoms with Gasteiger partial charge in [0.15, 0.2) is 0 Å². The molecule has 100 valence electrons. The van der Waals surface area contributed by atoms with Crippen LogP contribution >= 0.6 is 11.6 Å². The topological polar surface area (TPSA) is 42.1 Å². The van der Waals surface area contributed by atoms with Gasteiger partial charge in [-0.3, -0.25) is 4.79 Å². The quantitative estimate of drug-likeness (QED) is 0.854. The molecule has 0 fully saturated rings. The number of benzene rings is 1. The van der Waals surface area contributed by atoms with E-state index in [9.17, 15) is 4.79 Å². The maximum atomic E-state index is 11.9. The van der Waals surface area contributed by atoms with E-state index in [0.717, 1.165) is 35.2 Å². The van der Waals surface area contributed by atoms with Crippen LogP contribution in [0.2, 0.25) is 5.02 Å². The van der Waals surface area contributed by atoms with Crippen LogP contribution in [0.1, 0.15) is 24.6 Å². The fourth-order valence-corrected chi connectivity index (χ4v) is 3.02. The van der Waals surface area contributed by atoms with Crippen LogP contribution in [0.4, 0.5) is 0 Å². The number of carbonyl (C=O) groups excluding carboxylic acids is 1. The molecule has 3 nitrogen and oxygen atoms in total. The van der Waals surface area contributed by atoms with Crippen molar-refractivity contribution < 1.29 is 9.53 Å². The Morgan fingerprint density at radius 2 is 2.37 bits per heavy atom. The minimum Gasteiger partial charge on any atom is -0.466 e. The third-order valence-electron chi connectivity index (χ3n) is 3.77. The number of fused-ring (bicyclic) bond motifs is 3. The van der Waals surface area contributed by atoms with E-state index >= 15 is 0 Å². The molecule has 0 saturated carbocycles. The lowest BCUT2D eigenvalue weighted by atomic mass is 9.86. The number of hydrogen-bond acceptors (Lipinski definition) is 2. The van der Waals surface area contributed by atoms with Crippen LogP contribution in [0.5, 0.6) is 0 Å². The van der Waals surface area contributed by atoms with Crippen molar-refractivity contribution in [1.82, 2.24) is 4.98 Å². The van der Waals surface area contributed by atoms with Crippen LogP contribution in [-0.2, 0) is 22.4 Å². The lowest BCUT2D eigenvalue weighted by molar-refractivity contribution is -0.148. The fraction of sp³-hybridized carbons (Fsp3) is 0.400. The van der Waals surface area contributed by atoms with E-state index in [0.29, 0.717) is 6.61 Å². The summed E-state index contributed by atoms with van der Waals surface area (Å²) in [5.74, 6) is -0.102. The van der Waals surface area contributed by atoms with Crippen LogP contribution in [0.3, 0.4) is 0 Å². The van der Waals surface area contributed by atoms with Crippen LogP contribution in [0.25, 0.3) is 10.9 Å². The number of hydrogen-bond donors (Lipinski definition) is 1. The molecule has 1 N–H and O–H groups in total. The molecule has 1 aromatic heterocycles. The van der Waals surface area contributed by atoms with E-state index in [1.54, 1.807) is 0 Å². The minimum absolute atomic E-state index is 0.0227. The van der Waals surface area contributed by atoms with E-state index in [4.69, 9.17) is 16.3 Å². The second kappa shape index (κ2) is 4.89. The first-order valence-corrected chi connectivity index (χ1v) is 7.02. The Bertz CT molecular complexity index is 632. The predicted molar refractivity (Wildman–Crippen MR) is 75.5 cm³/mol. The summed E-state index contributed by atoms with van der Waals surface area (Å²) < 4.78 is 5.13. The van der Waals surface area contributed by atoms with Gasteiger partial charge >= 0.3 is 5.97 Å². The summed E-state index contributed by atoms with van der Waals surface area (Å²) in [6, 6.07) is 5.85. The number of rotatable bonds is 2. The molecule has 1 atom stereocenters. The largest absolute Gasteiger partial charge is 0.466 e. The molecule has 0 radical (unpaired) electrons. The molecule has 2 aromatic rings. The van der Waals surface area contributed by atoms with Gasteiger partial charge in [-0.05, 0) is 49.9 Å². The van der Waals surface area contributed by atoms with Gasteiger partial charge < -0.3 is 9.72 Å². The highest BCUT2D eigenvalue weighted by atomic mass is 35.5. The molecule has 1 aromatic carbocycles. The molecular weight excluding hydrogens is 262 g/mol. The smallest absolute Gasteiger partial charge is 0.309 e. The molecule has 4 heteroatoms. The number of halogens is 1. The average molecular weight is 278 g/mol. The summed E-state index contributed by atoms with van der Waals surface area (Å²) in [7, 11) is 0. The molecule has 1 heterocycles. The van der Waals surface area contributed by atoms with Crippen molar-refractivity contribution >= 4 is 28.5 Å². The summed E-state index contributed by atoms with van der Waals surface area (Å²) in [5.41, 5.74) is 3.55. The van der Waals surface area contributed by atoms with Crippen molar-refractivity contribution in [2.24, 2.45) is 5.92 Å². The van der Waals surface area contributed by atoms with Crippen molar-refractivity contribution in [3.05, 3.63) is 34.5 Å². The molecule has 19 heavy (non-hydrogen) atoms. The molecule has 0 spiro atoms. The Balaban J connectivity index is 1.97. The molecular formula is C15H16ClNO2. The Morgan fingerprint density at radius 3 is 3.16 bits per heavy atom. The monoisotopic (exact) mass is 277 g/mol. The van der Waals surface area contributed by atoms with Crippen molar-refractivity contribution in [3.8, 4) is 0 Å². The molecule has 0 saturated heterocycles. The molecule has 0 bridgehead atoms. The molecule has 1 aliphatic carbocycles. The van der Waals surface area contributed by atoms with Gasteiger partial charge in [-0.25, -0.2) is 0 Å². The second-order valence-electron chi connectivity index (χ2n) is 4.96. The lowest BCUT2D eigenvalue weighted by Gasteiger charge is -2.20. The third kappa shape index (κ3) is 2.23. The highest BCUT2D eigenvalue weighted by Gasteiger charge is 2.28. The Labute approximate surface area is 116 Å². The first kappa shape index (κ1) is 12.5. The zero-order valence-electron chi connectivity index (χ0n) is 10.8. The number of carbonyl (C=O) groups is 1. The number of aryl methyl sites for hydroxylation is 1. The zero-order chi connectivity index (χ0) is 13.4. The maximum Gasteiger partial charge on any atom is 0.309 e. The first-order valence-electron chi connectivity index (χ1n) is 6.64. The summed E-state index contributed by atoms with van der Waals surface area (Å²) >= 11 is 6.06. The Hall–Kier alpha value is -1.48. The SMILES string of the molecule is CCOC(=O)C1CCc2[nH]c3ccc(Cl)cc3c2C1. The van der Waals surface area contributed by atoms with E-state index < -0.39 is 0 Å². The first-order chi connectivity index (χ1) is 9.19. The Morgan fingerprint density at radius 1 is 1.53 bits per heavy atom. The summed E-state index contributed by atoms with van der Waals surface area (Å²) in [6.07, 6.45) is 2.49. The van der Waals surface area contributed by atoms with Gasteiger partial charge in [0, 0.05) is 21.6 Å². The Kier molecular flexibility index (Phi) is 3.23. The second-order valence-corrected chi connectivity index (χ2v) is 5.40. The van der Waals surface area contributed by atoms with Gasteiger partial charge in [-0.2, -0.15) is 0 Å². The highest BCUT2D eigenvalue weighted by molar-refractivity contribution is 6.31. The molecule has 1 unspecified atom stereocenters. The number of aromatic nitrogens is 1. The lowest BCUT2D eigenvalue weighted by Crippen LogP contribution is -2.24. The van der Waals surface area contributed by atoms with E-state index in [-0.39, 0.29) is 11.9 Å². The van der Waals surface area contributed by atoms with Gasteiger partial charge in [-0.15, -0.1) is 0 Å². The van der Waals surface area contributed by atoms with Crippen LogP contribution in [0, 0.1) is 5.92 Å². The van der Waals surface area contributed by atoms with E-state index in [2.05, 4.69) is 4.98 Å². The summed E-state index contributed by atoms with van der Waals surface area (Å²) in [5, 5.41) is 1.86. The third-order valence-corrected chi connectivity index (χ3v) is 4.00. The number of H-pyrrole nitrogens is 1. The number of ether oxygens (including phenoxy) is 1. The van der Waals surface area contributed by atoms with Crippen molar-refractivity contribution in [2.45, 2.75) is 26.2 Å². The van der Waals surface area contributed by atoms with E-state index in [1.165, 1.54) is 11.3 Å². The number of aromatic amines is 1. The van der Waals surface area contributed by atoms with Gasteiger partial charge in [-0.1, -0.05) is 11.6 Å². The summed E-state index contributed by atoms with van der Waals surface area (Å²) in [4.78, 5) is 15.3. The van der Waals surface area contributed by atoms with Crippen molar-refractivity contribution in [1.29, 1.82) is 0 Å². The highest BCUT2D eigenvalue weighted by Crippen LogP contribution is 2.33. The molecule has 0 aliphatic heterocycles. The van der Waals surface area contributed by atoms with Gasteiger partial charge in [0.25, 0.3) is 0 Å². The van der Waals surface area contributed by atoms with E-state index in [1.807, 2.05) is 25.1 Å². The average Bonchev–Trinajstić information content (AvgIpc) is 2.76. The standard InChI is InChI=1S/C15H16ClNO2/c1-2-19-15(18)9-3-5-13-11(7-9)12-8-10(16)4-6-14(12)17-13/h4,6,8-9,17H,2-3,5,7H2,1H3. The van der Waals surface area contributed by atoms with Crippen LogP contribution in [0.15, 0.2) is 18.2 Å². The number of nitrogens with one attached hydrogen (secondary N) is 1. The van der Waals surface area contributed by atoms with Crippen LogP contribution < -0.4 is 0 Å². The fourth-order valence-electron chi connectivity index (χ4n) is 2.85. The van der Waals surface area contributed by atoms with Crippen molar-refractivity contribution in [2.75, 3.05) is 6.61 Å².